The van der Waals surface area contributed by atoms with Gasteiger partial charge in [-0.3, -0.25) is 4.79 Å². The second-order valence-electron chi connectivity index (χ2n) is 5.90. The van der Waals surface area contributed by atoms with Gasteiger partial charge in [-0.05, 0) is 53.9 Å². The average molecular weight is 344 g/mol. The van der Waals surface area contributed by atoms with Gasteiger partial charge in [-0.25, -0.2) is 4.39 Å². The number of benzene rings is 2. The smallest absolute Gasteiger partial charge is 0.242 e. The highest BCUT2D eigenvalue weighted by molar-refractivity contribution is 5.81. The molecule has 0 saturated carbocycles. The summed E-state index contributed by atoms with van der Waals surface area (Å²) in [6, 6.07) is 9.87. The van der Waals surface area contributed by atoms with E-state index in [4.69, 9.17) is 9.47 Å². The Morgan fingerprint density at radius 2 is 1.76 bits per heavy atom. The van der Waals surface area contributed by atoms with Crippen molar-refractivity contribution in [3.05, 3.63) is 53.3 Å². The van der Waals surface area contributed by atoms with E-state index in [2.05, 4.69) is 5.32 Å². The molecule has 0 bridgehead atoms. The van der Waals surface area contributed by atoms with E-state index >= 15 is 0 Å². The molecular weight excluding hydrogens is 323 g/mol. The second-order valence-corrected chi connectivity index (χ2v) is 5.90. The molecule has 1 aliphatic heterocycles. The molecule has 0 unspecified atom stereocenters. The van der Waals surface area contributed by atoms with Crippen molar-refractivity contribution in [2.24, 2.45) is 0 Å². The van der Waals surface area contributed by atoms with Crippen LogP contribution in [0.5, 0.6) is 11.5 Å². The third-order valence-electron chi connectivity index (χ3n) is 4.36. The molecule has 2 aromatic carbocycles. The molecule has 5 nitrogen and oxygen atoms in total. The molecule has 0 spiro atoms. The summed E-state index contributed by atoms with van der Waals surface area (Å²) in [7, 11) is 3.21. The standard InChI is InChI=1S/C19H21FN2O3/c1-24-17-9-13-7-8-22(12-14(13)10-18(17)25-2)19(23)11-21-16-5-3-15(20)4-6-16/h3-6,9-10,21H,7-8,11-12H2,1-2H3. The summed E-state index contributed by atoms with van der Waals surface area (Å²) in [6.45, 7) is 1.38. The zero-order valence-corrected chi connectivity index (χ0v) is 14.3. The number of halogens is 1. The lowest BCUT2D eigenvalue weighted by molar-refractivity contribution is -0.130. The lowest BCUT2D eigenvalue weighted by atomic mass is 9.98. The van der Waals surface area contributed by atoms with Crippen molar-refractivity contribution in [1.82, 2.24) is 4.90 Å². The number of nitrogens with one attached hydrogen (secondary N) is 1. The van der Waals surface area contributed by atoms with Gasteiger partial charge in [0.25, 0.3) is 0 Å². The summed E-state index contributed by atoms with van der Waals surface area (Å²) < 4.78 is 23.6. The molecule has 0 aliphatic carbocycles. The minimum atomic E-state index is -0.297. The number of nitrogens with zero attached hydrogens (tertiary/aromatic N) is 1. The summed E-state index contributed by atoms with van der Waals surface area (Å²) >= 11 is 0. The maximum atomic E-state index is 12.9. The number of amides is 1. The Morgan fingerprint density at radius 3 is 2.40 bits per heavy atom. The van der Waals surface area contributed by atoms with Gasteiger partial charge < -0.3 is 19.7 Å². The summed E-state index contributed by atoms with van der Waals surface area (Å²) in [5, 5.41) is 3.03. The second kappa shape index (κ2) is 7.42. The molecule has 6 heteroatoms. The molecular formula is C19H21FN2O3. The maximum absolute atomic E-state index is 12.9. The Bertz CT molecular complexity index is 762. The molecule has 0 aromatic heterocycles. The van der Waals surface area contributed by atoms with Gasteiger partial charge in [0, 0.05) is 18.8 Å². The van der Waals surface area contributed by atoms with Crippen LogP contribution in [0.25, 0.3) is 0 Å². The highest BCUT2D eigenvalue weighted by Crippen LogP contribution is 2.33. The first-order valence-electron chi connectivity index (χ1n) is 8.11. The summed E-state index contributed by atoms with van der Waals surface area (Å²) in [4.78, 5) is 14.3. The lowest BCUT2D eigenvalue weighted by Crippen LogP contribution is -2.39. The number of hydrogen-bond acceptors (Lipinski definition) is 4. The van der Waals surface area contributed by atoms with E-state index in [-0.39, 0.29) is 18.3 Å². The first-order valence-corrected chi connectivity index (χ1v) is 8.11. The van der Waals surface area contributed by atoms with Gasteiger partial charge in [0.1, 0.15) is 5.82 Å². The summed E-state index contributed by atoms with van der Waals surface area (Å²) in [5.41, 5.74) is 2.96. The van der Waals surface area contributed by atoms with Crippen LogP contribution in [0.1, 0.15) is 11.1 Å². The SMILES string of the molecule is COc1cc2c(cc1OC)CN(C(=O)CNc1ccc(F)cc1)CC2. The fraction of sp³-hybridized carbons (Fsp3) is 0.316. The van der Waals surface area contributed by atoms with Crippen molar-refractivity contribution >= 4 is 11.6 Å². The third kappa shape index (κ3) is 3.84. The van der Waals surface area contributed by atoms with E-state index in [1.54, 1.807) is 26.4 Å². The molecule has 3 rings (SSSR count). The van der Waals surface area contributed by atoms with E-state index in [0.717, 1.165) is 17.7 Å². The predicted molar refractivity (Wildman–Crippen MR) is 93.6 cm³/mol. The maximum Gasteiger partial charge on any atom is 0.242 e. The Balaban J connectivity index is 1.65. The van der Waals surface area contributed by atoms with Gasteiger partial charge >= 0.3 is 0 Å². The number of carbonyl (C=O) groups is 1. The minimum Gasteiger partial charge on any atom is -0.493 e. The van der Waals surface area contributed by atoms with Gasteiger partial charge in [-0.1, -0.05) is 0 Å². The van der Waals surface area contributed by atoms with Gasteiger partial charge in [-0.2, -0.15) is 0 Å². The van der Waals surface area contributed by atoms with Crippen LogP contribution in [-0.4, -0.2) is 38.1 Å². The van der Waals surface area contributed by atoms with E-state index in [1.165, 1.54) is 17.7 Å². The Kier molecular flexibility index (Phi) is 5.07. The van der Waals surface area contributed by atoms with E-state index in [9.17, 15) is 9.18 Å². The van der Waals surface area contributed by atoms with Crippen LogP contribution in [0.15, 0.2) is 36.4 Å². The molecule has 1 aliphatic rings. The van der Waals surface area contributed by atoms with Crippen LogP contribution in [-0.2, 0) is 17.8 Å². The number of carbonyl (C=O) groups excluding carboxylic acids is 1. The van der Waals surface area contributed by atoms with Crippen molar-refractivity contribution in [3.63, 3.8) is 0 Å². The average Bonchev–Trinajstić information content (AvgIpc) is 2.65. The fourth-order valence-corrected chi connectivity index (χ4v) is 2.95. The monoisotopic (exact) mass is 344 g/mol. The number of rotatable bonds is 5. The highest BCUT2D eigenvalue weighted by Gasteiger charge is 2.22. The molecule has 1 N–H and O–H groups in total. The van der Waals surface area contributed by atoms with Crippen molar-refractivity contribution in [3.8, 4) is 11.5 Å². The van der Waals surface area contributed by atoms with E-state index in [1.807, 2.05) is 17.0 Å². The van der Waals surface area contributed by atoms with Gasteiger partial charge in [0.2, 0.25) is 5.91 Å². The van der Waals surface area contributed by atoms with Gasteiger partial charge in [0.05, 0.1) is 20.8 Å². The van der Waals surface area contributed by atoms with Crippen molar-refractivity contribution in [2.75, 3.05) is 32.6 Å². The zero-order valence-electron chi connectivity index (χ0n) is 14.3. The Morgan fingerprint density at radius 1 is 1.12 bits per heavy atom. The first kappa shape index (κ1) is 17.1. The van der Waals surface area contributed by atoms with Crippen LogP contribution >= 0.6 is 0 Å². The van der Waals surface area contributed by atoms with Gasteiger partial charge in [0.15, 0.2) is 11.5 Å². The molecule has 2 aromatic rings. The lowest BCUT2D eigenvalue weighted by Gasteiger charge is -2.30. The normalized spacial score (nSPS) is 13.2. The number of hydrogen-bond donors (Lipinski definition) is 1. The van der Waals surface area contributed by atoms with Crippen LogP contribution in [0.4, 0.5) is 10.1 Å². The molecule has 0 radical (unpaired) electrons. The third-order valence-corrected chi connectivity index (χ3v) is 4.36. The summed E-state index contributed by atoms with van der Waals surface area (Å²) in [6.07, 6.45) is 0.776. The van der Waals surface area contributed by atoms with Crippen LogP contribution in [0.3, 0.4) is 0 Å². The number of ether oxygens (including phenoxy) is 2. The Labute approximate surface area is 146 Å². The molecule has 132 valence electrons. The molecule has 1 amide bonds. The van der Waals surface area contributed by atoms with Crippen LogP contribution in [0, 0.1) is 5.82 Å². The molecule has 0 fully saturated rings. The zero-order chi connectivity index (χ0) is 17.8. The van der Waals surface area contributed by atoms with Gasteiger partial charge in [-0.15, -0.1) is 0 Å². The molecule has 25 heavy (non-hydrogen) atoms. The predicted octanol–water partition coefficient (Wildman–Crippen LogP) is 2.84. The van der Waals surface area contributed by atoms with Crippen molar-refractivity contribution in [2.45, 2.75) is 13.0 Å². The van der Waals surface area contributed by atoms with E-state index in [0.29, 0.717) is 24.6 Å². The largest absolute Gasteiger partial charge is 0.493 e. The molecule has 1 heterocycles. The molecule has 0 saturated heterocycles. The van der Waals surface area contributed by atoms with Crippen molar-refractivity contribution < 1.29 is 18.7 Å². The van der Waals surface area contributed by atoms with Crippen LogP contribution in [0.2, 0.25) is 0 Å². The topological polar surface area (TPSA) is 50.8 Å². The number of anilines is 1. The highest BCUT2D eigenvalue weighted by atomic mass is 19.1. The number of methoxy groups -OCH3 is 2. The summed E-state index contributed by atoms with van der Waals surface area (Å²) in [5.74, 6) is 1.08. The number of fused-ring (bicyclic) bond motifs is 1. The quantitative estimate of drug-likeness (QED) is 0.906. The van der Waals surface area contributed by atoms with Crippen LogP contribution < -0.4 is 14.8 Å². The van der Waals surface area contributed by atoms with Crippen molar-refractivity contribution in [1.29, 1.82) is 0 Å². The minimum absolute atomic E-state index is 0.00441. The molecule has 0 atom stereocenters. The Hall–Kier alpha value is -2.76. The fourth-order valence-electron chi connectivity index (χ4n) is 2.95. The van der Waals surface area contributed by atoms with E-state index < -0.39 is 0 Å². The first-order chi connectivity index (χ1) is 12.1.